The lowest BCUT2D eigenvalue weighted by Gasteiger charge is -2.45. The first-order chi connectivity index (χ1) is 10.6. The van der Waals surface area contributed by atoms with E-state index in [1.54, 1.807) is 20.8 Å². The number of rotatable bonds is 6. The zero-order valence-electron chi connectivity index (χ0n) is 14.8. The summed E-state index contributed by atoms with van der Waals surface area (Å²) in [5.41, 5.74) is -9.77. The Kier molecular flexibility index (Phi) is 6.97. The second-order valence-corrected chi connectivity index (χ2v) is 10.3. The first-order valence-electron chi connectivity index (χ1n) is 7.43. The van der Waals surface area contributed by atoms with Crippen LogP contribution in [0.15, 0.2) is 0 Å². The van der Waals surface area contributed by atoms with Crippen LogP contribution in [-0.4, -0.2) is 38.1 Å². The summed E-state index contributed by atoms with van der Waals surface area (Å²) < 4.78 is 82.4. The number of hydrogen-bond acceptors (Lipinski definition) is 3. The molecule has 0 aromatic heterocycles. The van der Waals surface area contributed by atoms with Crippen molar-refractivity contribution in [1.29, 1.82) is 0 Å². The lowest BCUT2D eigenvalue weighted by Crippen LogP contribution is -2.70. The molecule has 0 aliphatic heterocycles. The van der Waals surface area contributed by atoms with Crippen molar-refractivity contribution in [3.63, 3.8) is 0 Å². The largest absolute Gasteiger partial charge is 0.455 e. The maximum absolute atomic E-state index is 13.0. The van der Waals surface area contributed by atoms with Gasteiger partial charge in [-0.25, -0.2) is 0 Å². The normalized spacial score (nSPS) is 17.2. The minimum Gasteiger partial charge on any atom is -0.455 e. The van der Waals surface area contributed by atoms with E-state index in [9.17, 15) is 36.2 Å². The Hall–Kier alpha value is -0.260. The van der Waals surface area contributed by atoms with Gasteiger partial charge in [0.1, 0.15) is 0 Å². The van der Waals surface area contributed by atoms with E-state index in [2.05, 4.69) is 4.74 Å². The van der Waals surface area contributed by atoms with E-state index >= 15 is 0 Å². The van der Waals surface area contributed by atoms with Gasteiger partial charge < -0.3 is 9.84 Å². The number of aliphatic hydroxyl groups is 1. The molecule has 0 fully saturated rings. The smallest absolute Gasteiger partial charge is 0.430 e. The fourth-order valence-corrected chi connectivity index (χ4v) is 3.38. The van der Waals surface area contributed by atoms with Crippen molar-refractivity contribution in [2.24, 2.45) is 5.41 Å². The predicted molar refractivity (Wildman–Crippen MR) is 88.3 cm³/mol. The highest BCUT2D eigenvalue weighted by atomic mass is 127. The topological polar surface area (TPSA) is 46.5 Å². The Bertz CT molecular complexity index is 479. The molecule has 0 radical (unpaired) electrons. The number of carbonyl (C=O) groups excluding carboxylic acids is 1. The molecule has 3 nitrogen and oxygen atoms in total. The summed E-state index contributed by atoms with van der Waals surface area (Å²) in [5, 5.41) is 9.50. The van der Waals surface area contributed by atoms with Crippen LogP contribution < -0.4 is 0 Å². The van der Waals surface area contributed by atoms with Crippen LogP contribution in [0.3, 0.4) is 0 Å². The molecular weight excluding hydrogens is 469 g/mol. The summed E-state index contributed by atoms with van der Waals surface area (Å²) >= 11 is 2.02. The maximum atomic E-state index is 13.0. The molecule has 1 unspecified atom stereocenters. The lowest BCUT2D eigenvalue weighted by molar-refractivity contribution is -0.408. The number of alkyl halides is 7. The molecule has 0 amide bonds. The van der Waals surface area contributed by atoms with Crippen molar-refractivity contribution < 1.29 is 41.0 Å². The average molecular weight is 492 g/mol. The third-order valence-electron chi connectivity index (χ3n) is 4.12. The van der Waals surface area contributed by atoms with Gasteiger partial charge in [-0.2, -0.15) is 26.3 Å². The Labute approximate surface area is 156 Å². The van der Waals surface area contributed by atoms with E-state index in [1.807, 2.05) is 22.6 Å². The SMILES string of the molecule is CCC(C)(CC(C)(C)I)C(=O)OC(C)(C)C(O)(C(F)(F)F)C(F)(F)F. The molecule has 25 heavy (non-hydrogen) atoms. The first-order valence-corrected chi connectivity index (χ1v) is 8.51. The van der Waals surface area contributed by atoms with Crippen LogP contribution in [0.5, 0.6) is 0 Å². The molecule has 0 aliphatic carbocycles. The van der Waals surface area contributed by atoms with Crippen molar-refractivity contribution in [2.45, 2.75) is 81.4 Å². The van der Waals surface area contributed by atoms with E-state index in [4.69, 9.17) is 0 Å². The second-order valence-electron chi connectivity index (χ2n) is 7.42. The summed E-state index contributed by atoms with van der Waals surface area (Å²) in [6.45, 7) is 7.32. The van der Waals surface area contributed by atoms with Gasteiger partial charge in [0.2, 0.25) is 0 Å². The van der Waals surface area contributed by atoms with E-state index < -0.39 is 38.4 Å². The Morgan fingerprint density at radius 2 is 1.32 bits per heavy atom. The van der Waals surface area contributed by atoms with Gasteiger partial charge in [-0.15, -0.1) is 0 Å². The zero-order valence-corrected chi connectivity index (χ0v) is 17.0. The standard InChI is InChI=1S/C15H23F6IO3/c1-7-12(6,8-10(2,3)22)9(23)25-11(4,5)13(24,14(16,17)18)15(19,20)21/h24H,7-8H2,1-6H3. The van der Waals surface area contributed by atoms with Crippen molar-refractivity contribution >= 4 is 28.6 Å². The molecule has 0 spiro atoms. The molecule has 1 atom stereocenters. The predicted octanol–water partition coefficient (Wildman–Crippen LogP) is 5.18. The number of hydrogen-bond donors (Lipinski definition) is 1. The monoisotopic (exact) mass is 492 g/mol. The molecule has 0 aliphatic rings. The van der Waals surface area contributed by atoms with Gasteiger partial charge >= 0.3 is 18.3 Å². The zero-order chi connectivity index (χ0) is 20.7. The van der Waals surface area contributed by atoms with Gasteiger partial charge in [0.25, 0.3) is 5.60 Å². The Morgan fingerprint density at radius 3 is 1.56 bits per heavy atom. The highest BCUT2D eigenvalue weighted by Crippen LogP contribution is 2.51. The Balaban J connectivity index is 5.92. The van der Waals surface area contributed by atoms with Crippen LogP contribution in [0.1, 0.15) is 54.4 Å². The quantitative estimate of drug-likeness (QED) is 0.241. The van der Waals surface area contributed by atoms with Crippen molar-refractivity contribution in [3.8, 4) is 0 Å². The highest BCUT2D eigenvalue weighted by Gasteiger charge is 2.78. The van der Waals surface area contributed by atoms with Crippen LogP contribution >= 0.6 is 22.6 Å². The minimum absolute atomic E-state index is 0.144. The summed E-state index contributed by atoms with van der Waals surface area (Å²) in [7, 11) is 0. The van der Waals surface area contributed by atoms with Crippen molar-refractivity contribution in [1.82, 2.24) is 0 Å². The highest BCUT2D eigenvalue weighted by molar-refractivity contribution is 14.1. The first kappa shape index (κ1) is 24.7. The number of carbonyl (C=O) groups is 1. The maximum Gasteiger partial charge on any atom is 0.430 e. The third kappa shape index (κ3) is 5.14. The van der Waals surface area contributed by atoms with E-state index in [0.29, 0.717) is 13.8 Å². The van der Waals surface area contributed by atoms with Crippen LogP contribution in [0.2, 0.25) is 0 Å². The van der Waals surface area contributed by atoms with Gasteiger partial charge in [-0.1, -0.05) is 43.4 Å². The summed E-state index contributed by atoms with van der Waals surface area (Å²) in [4.78, 5) is 12.4. The van der Waals surface area contributed by atoms with Gasteiger partial charge in [0.15, 0.2) is 5.60 Å². The molecular formula is C15H23F6IO3. The van der Waals surface area contributed by atoms with Crippen molar-refractivity contribution in [2.75, 3.05) is 0 Å². The minimum atomic E-state index is -6.08. The number of halogens is 7. The summed E-state index contributed by atoms with van der Waals surface area (Å²) in [5.74, 6) is -1.23. The third-order valence-corrected chi connectivity index (χ3v) is 4.50. The van der Waals surface area contributed by atoms with Crippen molar-refractivity contribution in [3.05, 3.63) is 0 Å². The van der Waals surface area contributed by atoms with E-state index in [1.165, 1.54) is 6.92 Å². The molecule has 10 heteroatoms. The molecule has 0 aromatic carbocycles. The number of ether oxygens (including phenoxy) is 1. The van der Waals surface area contributed by atoms with Crippen LogP contribution in [0.25, 0.3) is 0 Å². The van der Waals surface area contributed by atoms with Crippen LogP contribution in [0, 0.1) is 5.41 Å². The molecule has 0 rings (SSSR count). The fraction of sp³-hybridized carbons (Fsp3) is 0.933. The lowest BCUT2D eigenvalue weighted by atomic mass is 9.78. The van der Waals surface area contributed by atoms with Crippen LogP contribution in [-0.2, 0) is 9.53 Å². The molecule has 0 heterocycles. The second kappa shape index (κ2) is 7.05. The molecule has 0 saturated heterocycles. The Morgan fingerprint density at radius 1 is 0.960 bits per heavy atom. The van der Waals surface area contributed by atoms with E-state index in [0.717, 1.165) is 0 Å². The molecule has 150 valence electrons. The number of esters is 1. The molecule has 1 N–H and O–H groups in total. The average Bonchev–Trinajstić information content (AvgIpc) is 2.31. The van der Waals surface area contributed by atoms with Crippen LogP contribution in [0.4, 0.5) is 26.3 Å². The molecule has 0 saturated carbocycles. The van der Waals surface area contributed by atoms with E-state index in [-0.39, 0.29) is 12.8 Å². The van der Waals surface area contributed by atoms with Gasteiger partial charge in [-0.3, -0.25) is 4.79 Å². The fourth-order valence-electron chi connectivity index (χ4n) is 2.54. The summed E-state index contributed by atoms with van der Waals surface area (Å²) in [6, 6.07) is 0. The van der Waals surface area contributed by atoms with Gasteiger partial charge in [0, 0.05) is 3.42 Å². The molecule has 0 aromatic rings. The van der Waals surface area contributed by atoms with Gasteiger partial charge in [-0.05, 0) is 33.6 Å². The summed E-state index contributed by atoms with van der Waals surface area (Å²) in [6.07, 6.45) is -11.9. The molecule has 0 bridgehead atoms. The van der Waals surface area contributed by atoms with Gasteiger partial charge in [0.05, 0.1) is 5.41 Å².